The first-order chi connectivity index (χ1) is 6.34. The molecule has 0 fully saturated rings. The van der Waals surface area contributed by atoms with Crippen LogP contribution in [0.3, 0.4) is 0 Å². The number of sulfonamides is 1. The van der Waals surface area contributed by atoms with Crippen molar-refractivity contribution in [2.75, 3.05) is 0 Å². The lowest BCUT2D eigenvalue weighted by Gasteiger charge is -1.93. The summed E-state index contributed by atoms with van der Waals surface area (Å²) in [5, 5.41) is 4.83. The second-order valence-corrected chi connectivity index (χ2v) is 5.15. The fourth-order valence-electron chi connectivity index (χ4n) is 0.610. The Morgan fingerprint density at radius 2 is 1.43 bits per heavy atom. The van der Waals surface area contributed by atoms with Crippen LogP contribution in [-0.4, -0.2) is 8.42 Å². The zero-order valence-electron chi connectivity index (χ0n) is 8.77. The molecule has 0 heterocycles. The summed E-state index contributed by atoms with van der Waals surface area (Å²) in [5.74, 6) is 0.833. The lowest BCUT2D eigenvalue weighted by molar-refractivity contribution is 0.598. The Labute approximate surface area is 86.0 Å². The van der Waals surface area contributed by atoms with E-state index in [9.17, 15) is 8.42 Å². The molecule has 0 aliphatic carbocycles. The van der Waals surface area contributed by atoms with Crippen LogP contribution in [0.2, 0.25) is 0 Å². The van der Waals surface area contributed by atoms with Crippen LogP contribution in [-0.2, 0) is 10.0 Å². The maximum Gasteiger partial charge on any atom is 0.238 e. The van der Waals surface area contributed by atoms with Gasteiger partial charge in [-0.25, -0.2) is 13.6 Å². The summed E-state index contributed by atoms with van der Waals surface area (Å²) in [7, 11) is -3.50. The quantitative estimate of drug-likeness (QED) is 0.778. The Kier molecular flexibility index (Phi) is 5.42. The fourth-order valence-corrected chi connectivity index (χ4v) is 1.15. The van der Waals surface area contributed by atoms with Gasteiger partial charge in [0, 0.05) is 0 Å². The molecule has 0 spiro atoms. The number of primary sulfonamides is 1. The molecule has 0 unspecified atom stereocenters. The Bertz CT molecular complexity index is 341. The Morgan fingerprint density at radius 3 is 1.64 bits per heavy atom. The normalized spacial score (nSPS) is 10.6. The third-order valence-electron chi connectivity index (χ3n) is 1.07. The van der Waals surface area contributed by atoms with E-state index >= 15 is 0 Å². The van der Waals surface area contributed by atoms with Crippen LogP contribution in [0.25, 0.3) is 0 Å². The number of benzene rings is 1. The highest BCUT2D eigenvalue weighted by Crippen LogP contribution is 2.02. The van der Waals surface area contributed by atoms with Crippen molar-refractivity contribution < 1.29 is 8.42 Å². The minimum atomic E-state index is -3.50. The largest absolute Gasteiger partial charge is 0.238 e. The average molecular weight is 215 g/mol. The van der Waals surface area contributed by atoms with Crippen molar-refractivity contribution in [3.05, 3.63) is 30.3 Å². The highest BCUT2D eigenvalue weighted by Gasteiger charge is 2.03. The zero-order chi connectivity index (χ0) is 11.2. The number of rotatable bonds is 1. The van der Waals surface area contributed by atoms with Gasteiger partial charge in [-0.2, -0.15) is 0 Å². The summed E-state index contributed by atoms with van der Waals surface area (Å²) in [6, 6.07) is 7.89. The van der Waals surface area contributed by atoms with Crippen molar-refractivity contribution in [3.8, 4) is 0 Å². The molecule has 0 atom stereocenters. The van der Waals surface area contributed by atoms with E-state index in [0.717, 1.165) is 5.92 Å². The average Bonchev–Trinajstić information content (AvgIpc) is 2.03. The first-order valence-electron chi connectivity index (χ1n) is 4.42. The van der Waals surface area contributed by atoms with Crippen LogP contribution in [0.15, 0.2) is 35.2 Å². The molecule has 1 aromatic carbocycles. The summed E-state index contributed by atoms with van der Waals surface area (Å²) in [6.07, 6.45) is 0. The van der Waals surface area contributed by atoms with Gasteiger partial charge in [0.25, 0.3) is 0 Å². The van der Waals surface area contributed by atoms with E-state index in [2.05, 4.69) is 20.8 Å². The molecule has 2 N–H and O–H groups in total. The molecule has 0 saturated heterocycles. The second kappa shape index (κ2) is 5.78. The van der Waals surface area contributed by atoms with Gasteiger partial charge >= 0.3 is 0 Å². The lowest BCUT2D eigenvalue weighted by atomic mass is 10.3. The monoisotopic (exact) mass is 215 g/mol. The van der Waals surface area contributed by atoms with Crippen molar-refractivity contribution in [1.29, 1.82) is 0 Å². The number of hydrogen-bond donors (Lipinski definition) is 1. The van der Waals surface area contributed by atoms with Crippen LogP contribution in [0.5, 0.6) is 0 Å². The molecule has 0 aliphatic heterocycles. The molecular formula is C10H17NO2S. The summed E-state index contributed by atoms with van der Waals surface area (Å²) in [6.45, 7) is 6.50. The Morgan fingerprint density at radius 1 is 1.07 bits per heavy atom. The molecular weight excluding hydrogens is 198 g/mol. The van der Waals surface area contributed by atoms with Gasteiger partial charge in [-0.15, -0.1) is 0 Å². The van der Waals surface area contributed by atoms with Crippen LogP contribution in [0.1, 0.15) is 20.8 Å². The molecule has 0 radical (unpaired) electrons. The third-order valence-corrected chi connectivity index (χ3v) is 2.00. The van der Waals surface area contributed by atoms with E-state index < -0.39 is 10.0 Å². The molecule has 4 heteroatoms. The van der Waals surface area contributed by atoms with Crippen molar-refractivity contribution in [3.63, 3.8) is 0 Å². The van der Waals surface area contributed by atoms with E-state index in [1.807, 2.05) is 0 Å². The second-order valence-electron chi connectivity index (χ2n) is 3.59. The number of hydrogen-bond acceptors (Lipinski definition) is 2. The fraction of sp³-hybridized carbons (Fsp3) is 0.400. The first kappa shape index (κ1) is 13.1. The molecule has 0 aromatic heterocycles. The minimum absolute atomic E-state index is 0.148. The third kappa shape index (κ3) is 6.62. The zero-order valence-corrected chi connectivity index (χ0v) is 9.58. The van der Waals surface area contributed by atoms with Crippen LogP contribution in [0.4, 0.5) is 0 Å². The Balaban J connectivity index is 0.000000364. The van der Waals surface area contributed by atoms with Crippen LogP contribution < -0.4 is 5.14 Å². The smallest absolute Gasteiger partial charge is 0.225 e. The maximum atomic E-state index is 10.6. The Hall–Kier alpha value is -0.870. The molecule has 0 saturated carbocycles. The van der Waals surface area contributed by atoms with Gasteiger partial charge in [0.05, 0.1) is 4.90 Å². The highest BCUT2D eigenvalue weighted by atomic mass is 32.2. The van der Waals surface area contributed by atoms with Gasteiger partial charge in [-0.05, 0) is 18.1 Å². The molecule has 0 aliphatic rings. The topological polar surface area (TPSA) is 60.2 Å². The van der Waals surface area contributed by atoms with Crippen LogP contribution in [0, 0.1) is 5.92 Å². The predicted molar refractivity (Wildman–Crippen MR) is 58.3 cm³/mol. The van der Waals surface area contributed by atoms with Gasteiger partial charge in [-0.3, -0.25) is 0 Å². The van der Waals surface area contributed by atoms with Crippen LogP contribution >= 0.6 is 0 Å². The van der Waals surface area contributed by atoms with Gasteiger partial charge in [0.2, 0.25) is 10.0 Å². The van der Waals surface area contributed by atoms with Gasteiger partial charge in [-0.1, -0.05) is 39.0 Å². The molecule has 80 valence electrons. The van der Waals surface area contributed by atoms with Crippen molar-refractivity contribution in [2.24, 2.45) is 11.1 Å². The summed E-state index contributed by atoms with van der Waals surface area (Å²) in [5.41, 5.74) is 0. The molecule has 1 aromatic rings. The van der Waals surface area contributed by atoms with E-state index in [1.165, 1.54) is 12.1 Å². The molecule has 0 bridgehead atoms. The standard InChI is InChI=1S/C6H7NO2S.C4H10/c7-10(8,9)6-4-2-1-3-5-6;1-4(2)3/h1-5H,(H2,7,8,9);4H,1-3H3. The predicted octanol–water partition coefficient (Wildman–Crippen LogP) is 2.00. The molecule has 0 amide bonds. The molecule has 1 rings (SSSR count). The van der Waals surface area contributed by atoms with E-state index in [4.69, 9.17) is 5.14 Å². The van der Waals surface area contributed by atoms with Gasteiger partial charge in [0.15, 0.2) is 0 Å². The lowest BCUT2D eigenvalue weighted by Crippen LogP contribution is -2.11. The number of nitrogens with two attached hydrogens (primary N) is 1. The SMILES string of the molecule is CC(C)C.NS(=O)(=O)c1ccccc1. The van der Waals surface area contributed by atoms with Crippen molar-refractivity contribution in [1.82, 2.24) is 0 Å². The molecule has 3 nitrogen and oxygen atoms in total. The van der Waals surface area contributed by atoms with Gasteiger partial charge in [0.1, 0.15) is 0 Å². The van der Waals surface area contributed by atoms with Crippen molar-refractivity contribution in [2.45, 2.75) is 25.7 Å². The first-order valence-corrected chi connectivity index (χ1v) is 5.96. The summed E-state index contributed by atoms with van der Waals surface area (Å²) in [4.78, 5) is 0.148. The summed E-state index contributed by atoms with van der Waals surface area (Å²) >= 11 is 0. The van der Waals surface area contributed by atoms with E-state index in [1.54, 1.807) is 18.2 Å². The van der Waals surface area contributed by atoms with E-state index in [0.29, 0.717) is 0 Å². The van der Waals surface area contributed by atoms with Gasteiger partial charge < -0.3 is 0 Å². The highest BCUT2D eigenvalue weighted by molar-refractivity contribution is 7.89. The maximum absolute atomic E-state index is 10.6. The summed E-state index contributed by atoms with van der Waals surface area (Å²) < 4.78 is 21.2. The molecule has 14 heavy (non-hydrogen) atoms. The van der Waals surface area contributed by atoms with Crippen molar-refractivity contribution >= 4 is 10.0 Å². The van der Waals surface area contributed by atoms with E-state index in [-0.39, 0.29) is 4.90 Å². The minimum Gasteiger partial charge on any atom is -0.225 e.